The minimum absolute atomic E-state index is 0.0835. The molecule has 0 fully saturated rings. The van der Waals surface area contributed by atoms with E-state index in [1.54, 1.807) is 0 Å². The Morgan fingerprint density at radius 1 is 0.725 bits per heavy atom. The number of aliphatic hydroxyl groups excluding tert-OH is 1. The van der Waals surface area contributed by atoms with Crippen LogP contribution in [0.2, 0.25) is 5.04 Å². The summed E-state index contributed by atoms with van der Waals surface area (Å²) in [5.41, 5.74) is 0.682. The van der Waals surface area contributed by atoms with E-state index in [0.717, 1.165) is 22.4 Å². The molecule has 0 aliphatic carbocycles. The third-order valence-corrected chi connectivity index (χ3v) is 13.0. The SMILES string of the molecule is C=c1cccc/c1=C(/O)N(CCCO[Si](c1ccccc1)(c1ccccc1)C(C)(C)C)C(C)(C)c1ccccc1. The zero-order chi connectivity index (χ0) is 28.8. The number of aliphatic hydroxyl groups is 1. The van der Waals surface area contributed by atoms with Crippen molar-refractivity contribution < 1.29 is 9.53 Å². The van der Waals surface area contributed by atoms with Crippen LogP contribution in [0.3, 0.4) is 0 Å². The lowest BCUT2D eigenvalue weighted by atomic mass is 9.92. The first kappa shape index (κ1) is 29.4. The van der Waals surface area contributed by atoms with E-state index in [1.807, 2.05) is 42.5 Å². The highest BCUT2D eigenvalue weighted by Gasteiger charge is 2.50. The Kier molecular flexibility index (Phi) is 9.02. The van der Waals surface area contributed by atoms with E-state index >= 15 is 0 Å². The lowest BCUT2D eigenvalue weighted by Gasteiger charge is -2.44. The second-order valence-corrected chi connectivity index (χ2v) is 16.2. The van der Waals surface area contributed by atoms with Crippen molar-refractivity contribution in [2.24, 2.45) is 0 Å². The van der Waals surface area contributed by atoms with Gasteiger partial charge in [0.2, 0.25) is 0 Å². The molecule has 0 bridgehead atoms. The van der Waals surface area contributed by atoms with Crippen LogP contribution in [0.15, 0.2) is 115 Å². The summed E-state index contributed by atoms with van der Waals surface area (Å²) in [5, 5.41) is 15.7. The highest BCUT2D eigenvalue weighted by molar-refractivity contribution is 6.99. The summed E-state index contributed by atoms with van der Waals surface area (Å²) < 4.78 is 7.15. The highest BCUT2D eigenvalue weighted by Crippen LogP contribution is 2.37. The lowest BCUT2D eigenvalue weighted by Crippen LogP contribution is -2.66. The van der Waals surface area contributed by atoms with Gasteiger partial charge in [-0.25, -0.2) is 0 Å². The van der Waals surface area contributed by atoms with Gasteiger partial charge in [0.25, 0.3) is 8.32 Å². The first-order valence-electron chi connectivity index (χ1n) is 14.1. The fraction of sp³-hybridized carbons (Fsp3) is 0.278. The molecule has 0 aliphatic heterocycles. The van der Waals surface area contributed by atoms with Crippen LogP contribution in [0.25, 0.3) is 12.5 Å². The Balaban J connectivity index is 1.69. The average Bonchev–Trinajstić information content (AvgIpc) is 2.95. The summed E-state index contributed by atoms with van der Waals surface area (Å²) in [6, 6.07) is 39.6. The molecule has 40 heavy (non-hydrogen) atoms. The molecule has 0 atom stereocenters. The molecule has 4 aromatic rings. The van der Waals surface area contributed by atoms with Crippen molar-refractivity contribution in [1.82, 2.24) is 4.90 Å². The van der Waals surface area contributed by atoms with Crippen LogP contribution in [0.1, 0.15) is 46.6 Å². The predicted octanol–water partition coefficient (Wildman–Crippen LogP) is 5.92. The van der Waals surface area contributed by atoms with E-state index in [2.05, 4.69) is 119 Å². The number of rotatable bonds is 10. The van der Waals surface area contributed by atoms with Crippen LogP contribution in [0.4, 0.5) is 0 Å². The van der Waals surface area contributed by atoms with E-state index in [0.29, 0.717) is 13.2 Å². The number of benzene rings is 4. The van der Waals surface area contributed by atoms with Crippen molar-refractivity contribution in [2.75, 3.05) is 13.2 Å². The number of hydrogen-bond acceptors (Lipinski definition) is 3. The van der Waals surface area contributed by atoms with Crippen molar-refractivity contribution in [3.8, 4) is 0 Å². The van der Waals surface area contributed by atoms with Gasteiger partial charge < -0.3 is 14.4 Å². The molecule has 0 heterocycles. The van der Waals surface area contributed by atoms with Crippen molar-refractivity contribution in [2.45, 2.75) is 51.6 Å². The third-order valence-electron chi connectivity index (χ3n) is 7.93. The molecule has 4 rings (SSSR count). The smallest absolute Gasteiger partial charge is 0.261 e. The zero-order valence-corrected chi connectivity index (χ0v) is 25.6. The maximum absolute atomic E-state index is 11.7. The van der Waals surface area contributed by atoms with Crippen LogP contribution in [0.5, 0.6) is 0 Å². The highest BCUT2D eigenvalue weighted by atomic mass is 28.4. The summed E-state index contributed by atoms with van der Waals surface area (Å²) in [7, 11) is -2.63. The molecule has 0 saturated carbocycles. The Morgan fingerprint density at radius 2 is 1.20 bits per heavy atom. The normalized spacial score (nSPS) is 13.1. The summed E-state index contributed by atoms with van der Waals surface area (Å²) in [6.45, 7) is 16.6. The molecule has 3 nitrogen and oxygen atoms in total. The second-order valence-electron chi connectivity index (χ2n) is 11.9. The fourth-order valence-corrected chi connectivity index (χ4v) is 10.4. The molecule has 1 N–H and O–H groups in total. The molecule has 0 spiro atoms. The lowest BCUT2D eigenvalue weighted by molar-refractivity contribution is 0.138. The number of nitrogens with zero attached hydrogens (tertiary/aromatic N) is 1. The van der Waals surface area contributed by atoms with Gasteiger partial charge in [-0.05, 0) is 52.5 Å². The van der Waals surface area contributed by atoms with E-state index in [9.17, 15) is 5.11 Å². The van der Waals surface area contributed by atoms with Gasteiger partial charge in [-0.15, -0.1) is 0 Å². The van der Waals surface area contributed by atoms with Gasteiger partial charge in [0.15, 0.2) is 5.88 Å². The Hall–Kier alpha value is -3.60. The van der Waals surface area contributed by atoms with Gasteiger partial charge in [-0.3, -0.25) is 0 Å². The molecule has 0 aliphatic rings. The van der Waals surface area contributed by atoms with Crippen LogP contribution < -0.4 is 20.8 Å². The predicted molar refractivity (Wildman–Crippen MR) is 172 cm³/mol. The molecule has 0 saturated heterocycles. The molecular formula is C36H43NO2Si. The topological polar surface area (TPSA) is 32.7 Å². The van der Waals surface area contributed by atoms with Gasteiger partial charge in [0.05, 0.1) is 5.54 Å². The van der Waals surface area contributed by atoms with E-state index in [1.165, 1.54) is 10.4 Å². The van der Waals surface area contributed by atoms with Gasteiger partial charge in [0, 0.05) is 18.4 Å². The van der Waals surface area contributed by atoms with E-state index < -0.39 is 13.9 Å². The first-order valence-corrected chi connectivity index (χ1v) is 16.1. The Labute approximate surface area is 241 Å². The van der Waals surface area contributed by atoms with Crippen molar-refractivity contribution in [3.63, 3.8) is 0 Å². The first-order chi connectivity index (χ1) is 19.1. The quantitative estimate of drug-likeness (QED) is 0.197. The van der Waals surface area contributed by atoms with Crippen molar-refractivity contribution in [1.29, 1.82) is 0 Å². The molecule has 0 radical (unpaired) electrons. The minimum Gasteiger partial charge on any atom is -0.494 e. The van der Waals surface area contributed by atoms with Crippen LogP contribution in [-0.2, 0) is 9.96 Å². The van der Waals surface area contributed by atoms with E-state index in [-0.39, 0.29) is 10.9 Å². The monoisotopic (exact) mass is 549 g/mol. The summed E-state index contributed by atoms with van der Waals surface area (Å²) in [6.07, 6.45) is 0.754. The third kappa shape index (κ3) is 5.94. The molecular weight excluding hydrogens is 506 g/mol. The maximum Gasteiger partial charge on any atom is 0.261 e. The van der Waals surface area contributed by atoms with Crippen LogP contribution in [-0.4, -0.2) is 31.5 Å². The summed E-state index contributed by atoms with van der Waals surface area (Å²) in [4.78, 5) is 2.10. The van der Waals surface area contributed by atoms with Gasteiger partial charge in [-0.2, -0.15) is 0 Å². The van der Waals surface area contributed by atoms with Crippen LogP contribution in [0, 0.1) is 0 Å². The standard InChI is InChI=1S/C36H43NO2Si/c1-29-19-16-17-26-33(29)34(38)37(36(5,6)30-20-10-7-11-21-30)27-18-28-39-40(35(2,3)4,31-22-12-8-13-23-31)32-24-14-9-15-25-32/h7-17,19-26,38H,1,18,27-28H2,2-6H3/b34-33-. The second kappa shape index (κ2) is 12.3. The molecule has 4 aromatic carbocycles. The largest absolute Gasteiger partial charge is 0.494 e. The number of hydrogen-bond donors (Lipinski definition) is 1. The summed E-state index contributed by atoms with van der Waals surface area (Å²) in [5.74, 6) is 0.241. The molecule has 208 valence electrons. The molecule has 0 amide bonds. The fourth-order valence-electron chi connectivity index (χ4n) is 5.75. The van der Waals surface area contributed by atoms with Crippen molar-refractivity contribution >= 4 is 31.2 Å². The Morgan fingerprint density at radius 3 is 1.70 bits per heavy atom. The van der Waals surface area contributed by atoms with Gasteiger partial charge in [0.1, 0.15) is 0 Å². The van der Waals surface area contributed by atoms with E-state index in [4.69, 9.17) is 4.43 Å². The average molecular weight is 550 g/mol. The maximum atomic E-state index is 11.7. The molecule has 4 heteroatoms. The molecule has 0 unspecified atom stereocenters. The van der Waals surface area contributed by atoms with Crippen LogP contribution >= 0.6 is 0 Å². The molecule has 0 aromatic heterocycles. The Bertz CT molecular complexity index is 1440. The van der Waals surface area contributed by atoms with Gasteiger partial charge in [-0.1, -0.05) is 137 Å². The van der Waals surface area contributed by atoms with Crippen molar-refractivity contribution in [3.05, 3.63) is 131 Å². The van der Waals surface area contributed by atoms with Gasteiger partial charge >= 0.3 is 0 Å². The summed E-state index contributed by atoms with van der Waals surface area (Å²) >= 11 is 0. The minimum atomic E-state index is -2.63. The zero-order valence-electron chi connectivity index (χ0n) is 24.6.